The summed E-state index contributed by atoms with van der Waals surface area (Å²) < 4.78 is 11.0. The Labute approximate surface area is 118 Å². The van der Waals surface area contributed by atoms with Gasteiger partial charge in [-0.15, -0.1) is 0 Å². The molecule has 1 saturated heterocycles. The summed E-state index contributed by atoms with van der Waals surface area (Å²) in [5.41, 5.74) is 5.63. The quantitative estimate of drug-likeness (QED) is 0.857. The minimum atomic E-state index is -0.429. The smallest absolute Gasteiger partial charge is 0.259 e. The van der Waals surface area contributed by atoms with E-state index in [4.69, 9.17) is 15.2 Å². The Morgan fingerprint density at radius 2 is 2.40 bits per heavy atom. The first-order chi connectivity index (χ1) is 9.43. The molecular weight excluding hydrogens is 260 g/mol. The number of nitrogens with two attached hydrogens (primary N) is 1. The number of anilines is 1. The van der Waals surface area contributed by atoms with Crippen LogP contribution in [0.4, 0.5) is 5.82 Å². The lowest BCUT2D eigenvalue weighted by molar-refractivity contribution is -0.143. The molecule has 2 rings (SSSR count). The Balaban J connectivity index is 2.18. The number of nitrogens with zero attached hydrogens (tertiary/aromatic N) is 3. The van der Waals surface area contributed by atoms with Gasteiger partial charge in [0.1, 0.15) is 12.1 Å². The first-order valence-electron chi connectivity index (χ1n) is 6.44. The second-order valence-electron chi connectivity index (χ2n) is 5.46. The van der Waals surface area contributed by atoms with Crippen molar-refractivity contribution in [1.82, 2.24) is 14.9 Å². The Hall–Kier alpha value is -1.73. The highest BCUT2D eigenvalue weighted by molar-refractivity contribution is 5.98. The lowest BCUT2D eigenvalue weighted by Crippen LogP contribution is -2.55. The molecule has 0 aromatic carbocycles. The Morgan fingerprint density at radius 1 is 1.65 bits per heavy atom. The second kappa shape index (κ2) is 5.72. The number of carbonyl (C=O) groups is 1. The van der Waals surface area contributed by atoms with Crippen LogP contribution in [0.1, 0.15) is 24.2 Å². The maximum atomic E-state index is 12.5. The molecular formula is C13H20N4O3. The molecule has 0 unspecified atom stereocenters. The molecule has 1 atom stereocenters. The zero-order chi connectivity index (χ0) is 14.8. The Kier molecular flexibility index (Phi) is 4.20. The Morgan fingerprint density at radius 3 is 3.05 bits per heavy atom. The third-order valence-electron chi connectivity index (χ3n) is 3.09. The van der Waals surface area contributed by atoms with Crippen molar-refractivity contribution >= 4 is 11.7 Å². The molecule has 0 radical (unpaired) electrons. The minimum absolute atomic E-state index is 0.154. The predicted octanol–water partition coefficient (Wildman–Crippen LogP) is 0.325. The largest absolute Gasteiger partial charge is 0.383 e. The summed E-state index contributed by atoms with van der Waals surface area (Å²) in [6.07, 6.45) is 2.61. The van der Waals surface area contributed by atoms with Gasteiger partial charge in [0.25, 0.3) is 5.91 Å². The molecule has 1 aliphatic heterocycles. The van der Waals surface area contributed by atoms with Crippen LogP contribution >= 0.6 is 0 Å². The number of morpholine rings is 1. The fraction of sp³-hybridized carbons (Fsp3) is 0.615. The lowest BCUT2D eigenvalue weighted by atomic mass is 10.0. The summed E-state index contributed by atoms with van der Waals surface area (Å²) >= 11 is 0. The van der Waals surface area contributed by atoms with Crippen molar-refractivity contribution in [2.45, 2.75) is 25.6 Å². The number of nitrogen functional groups attached to an aromatic ring is 1. The van der Waals surface area contributed by atoms with E-state index in [2.05, 4.69) is 9.97 Å². The molecule has 0 bridgehead atoms. The van der Waals surface area contributed by atoms with Crippen molar-refractivity contribution in [3.63, 3.8) is 0 Å². The van der Waals surface area contributed by atoms with Gasteiger partial charge in [-0.2, -0.15) is 0 Å². The van der Waals surface area contributed by atoms with E-state index < -0.39 is 5.60 Å². The molecule has 2 N–H and O–H groups in total. The van der Waals surface area contributed by atoms with Gasteiger partial charge < -0.3 is 20.1 Å². The van der Waals surface area contributed by atoms with Crippen molar-refractivity contribution in [2.75, 3.05) is 32.5 Å². The standard InChI is InChI=1S/C13H20N4O3/c1-13(2)7-17(5-9(20-13)6-19-3)12(18)10-4-15-8-16-11(10)14/h4,8-9H,5-7H2,1-3H3,(H2,14,15,16)/t9-/m0/s1. The van der Waals surface area contributed by atoms with Crippen LogP contribution in [-0.2, 0) is 9.47 Å². The third-order valence-corrected chi connectivity index (χ3v) is 3.09. The molecule has 110 valence electrons. The molecule has 1 aromatic heterocycles. The van der Waals surface area contributed by atoms with Gasteiger partial charge in [-0.05, 0) is 13.8 Å². The van der Waals surface area contributed by atoms with E-state index in [9.17, 15) is 4.79 Å². The van der Waals surface area contributed by atoms with E-state index >= 15 is 0 Å². The molecule has 0 saturated carbocycles. The van der Waals surface area contributed by atoms with E-state index in [1.807, 2.05) is 13.8 Å². The maximum Gasteiger partial charge on any atom is 0.259 e. The molecule has 1 fully saturated rings. The van der Waals surface area contributed by atoms with Crippen LogP contribution in [0.15, 0.2) is 12.5 Å². The van der Waals surface area contributed by atoms with Crippen molar-refractivity contribution in [3.05, 3.63) is 18.1 Å². The van der Waals surface area contributed by atoms with Crippen LogP contribution in [0.5, 0.6) is 0 Å². The minimum Gasteiger partial charge on any atom is -0.383 e. The monoisotopic (exact) mass is 280 g/mol. The third kappa shape index (κ3) is 3.23. The van der Waals surface area contributed by atoms with E-state index in [1.165, 1.54) is 12.5 Å². The summed E-state index contributed by atoms with van der Waals surface area (Å²) in [4.78, 5) is 21.9. The molecule has 0 aliphatic carbocycles. The zero-order valence-corrected chi connectivity index (χ0v) is 12.0. The first-order valence-corrected chi connectivity index (χ1v) is 6.44. The van der Waals surface area contributed by atoms with Crippen molar-refractivity contribution < 1.29 is 14.3 Å². The highest BCUT2D eigenvalue weighted by Crippen LogP contribution is 2.23. The highest BCUT2D eigenvalue weighted by Gasteiger charge is 2.36. The number of hydrogen-bond donors (Lipinski definition) is 1. The number of carbonyl (C=O) groups excluding carboxylic acids is 1. The van der Waals surface area contributed by atoms with Crippen molar-refractivity contribution in [2.24, 2.45) is 0 Å². The number of amides is 1. The Bertz CT molecular complexity index is 492. The summed E-state index contributed by atoms with van der Waals surface area (Å²) in [6.45, 7) is 5.28. The van der Waals surface area contributed by atoms with E-state index in [0.29, 0.717) is 25.3 Å². The summed E-state index contributed by atoms with van der Waals surface area (Å²) in [5, 5.41) is 0. The summed E-state index contributed by atoms with van der Waals surface area (Å²) in [7, 11) is 1.61. The fourth-order valence-electron chi connectivity index (χ4n) is 2.40. The molecule has 0 spiro atoms. The SMILES string of the molecule is COC[C@@H]1CN(C(=O)c2cncnc2N)CC(C)(C)O1. The van der Waals surface area contributed by atoms with Crippen LogP contribution in [0, 0.1) is 0 Å². The average molecular weight is 280 g/mol. The number of hydrogen-bond acceptors (Lipinski definition) is 6. The van der Waals surface area contributed by atoms with Gasteiger partial charge in [-0.3, -0.25) is 4.79 Å². The van der Waals surface area contributed by atoms with Crippen molar-refractivity contribution in [3.8, 4) is 0 Å². The zero-order valence-electron chi connectivity index (χ0n) is 12.0. The molecule has 1 aliphatic rings. The number of rotatable bonds is 3. The first kappa shape index (κ1) is 14.7. The van der Waals surface area contributed by atoms with E-state index in [0.717, 1.165) is 0 Å². The average Bonchev–Trinajstić information content (AvgIpc) is 2.37. The lowest BCUT2D eigenvalue weighted by Gasteiger charge is -2.42. The van der Waals surface area contributed by atoms with Crippen LogP contribution < -0.4 is 5.73 Å². The van der Waals surface area contributed by atoms with Gasteiger partial charge in [0, 0.05) is 26.4 Å². The summed E-state index contributed by atoms with van der Waals surface area (Å²) in [5.74, 6) is 0.0122. The molecule has 1 amide bonds. The second-order valence-corrected chi connectivity index (χ2v) is 5.46. The normalized spacial score (nSPS) is 21.8. The van der Waals surface area contributed by atoms with E-state index in [1.54, 1.807) is 12.0 Å². The number of aromatic nitrogens is 2. The van der Waals surface area contributed by atoms with E-state index in [-0.39, 0.29) is 17.8 Å². The van der Waals surface area contributed by atoms with Crippen LogP contribution in [0.25, 0.3) is 0 Å². The number of methoxy groups -OCH3 is 1. The fourth-order valence-corrected chi connectivity index (χ4v) is 2.40. The van der Waals surface area contributed by atoms with Crippen LogP contribution in [0.2, 0.25) is 0 Å². The van der Waals surface area contributed by atoms with Crippen LogP contribution in [-0.4, -0.2) is 59.3 Å². The van der Waals surface area contributed by atoms with Gasteiger partial charge in [0.15, 0.2) is 0 Å². The number of ether oxygens (including phenoxy) is 2. The maximum absolute atomic E-state index is 12.5. The molecule has 20 heavy (non-hydrogen) atoms. The van der Waals surface area contributed by atoms with Gasteiger partial charge in [-0.1, -0.05) is 0 Å². The topological polar surface area (TPSA) is 90.6 Å². The van der Waals surface area contributed by atoms with Crippen LogP contribution in [0.3, 0.4) is 0 Å². The van der Waals surface area contributed by atoms with Gasteiger partial charge >= 0.3 is 0 Å². The molecule has 2 heterocycles. The van der Waals surface area contributed by atoms with Gasteiger partial charge in [-0.25, -0.2) is 9.97 Å². The predicted molar refractivity (Wildman–Crippen MR) is 73.2 cm³/mol. The molecule has 7 heteroatoms. The summed E-state index contributed by atoms with van der Waals surface area (Å²) in [6, 6.07) is 0. The highest BCUT2D eigenvalue weighted by atomic mass is 16.5. The van der Waals surface area contributed by atoms with Crippen molar-refractivity contribution in [1.29, 1.82) is 0 Å². The molecule has 7 nitrogen and oxygen atoms in total. The molecule has 1 aromatic rings. The van der Waals surface area contributed by atoms with Gasteiger partial charge in [0.2, 0.25) is 0 Å². The van der Waals surface area contributed by atoms with Gasteiger partial charge in [0.05, 0.1) is 23.9 Å².